The van der Waals surface area contributed by atoms with Crippen LogP contribution in [0.2, 0.25) is 0 Å². The SMILES string of the molecule is CN=S(=O)(C/C=C/c1ccccc1)c1ccccc1. The van der Waals surface area contributed by atoms with E-state index in [1.54, 1.807) is 7.05 Å². The van der Waals surface area contributed by atoms with Crippen LogP contribution in [0.1, 0.15) is 5.56 Å². The van der Waals surface area contributed by atoms with Gasteiger partial charge in [-0.2, -0.15) is 0 Å². The zero-order valence-corrected chi connectivity index (χ0v) is 11.7. The van der Waals surface area contributed by atoms with Crippen LogP contribution in [0.4, 0.5) is 0 Å². The average molecular weight is 271 g/mol. The quantitative estimate of drug-likeness (QED) is 0.830. The standard InChI is InChI=1S/C16H17NOS/c1-17-19(18,16-12-6-3-7-13-16)14-8-11-15-9-4-2-5-10-15/h2-13H,14H2,1H3/b11-8+. The topological polar surface area (TPSA) is 29.4 Å². The van der Waals surface area contributed by atoms with Crippen molar-refractivity contribution in [2.24, 2.45) is 4.36 Å². The number of rotatable bonds is 4. The molecule has 2 aromatic rings. The van der Waals surface area contributed by atoms with Crippen molar-refractivity contribution in [3.8, 4) is 0 Å². The Hall–Kier alpha value is -1.87. The molecule has 1 atom stereocenters. The zero-order chi connectivity index (χ0) is 13.6. The van der Waals surface area contributed by atoms with E-state index in [-0.39, 0.29) is 0 Å². The van der Waals surface area contributed by atoms with Gasteiger partial charge in [0.25, 0.3) is 0 Å². The average Bonchev–Trinajstić information content (AvgIpc) is 2.49. The molecule has 98 valence electrons. The molecular weight excluding hydrogens is 254 g/mol. The minimum absolute atomic E-state index is 0.433. The molecule has 2 nitrogen and oxygen atoms in total. The lowest BCUT2D eigenvalue weighted by Gasteiger charge is -2.06. The third-order valence-corrected chi connectivity index (χ3v) is 5.08. The van der Waals surface area contributed by atoms with Crippen LogP contribution in [0.3, 0.4) is 0 Å². The molecule has 0 saturated heterocycles. The molecule has 0 aliphatic heterocycles. The third-order valence-electron chi connectivity index (χ3n) is 2.84. The first-order valence-corrected chi connectivity index (χ1v) is 7.82. The Kier molecular flexibility index (Phi) is 4.53. The second kappa shape index (κ2) is 6.34. The lowest BCUT2D eigenvalue weighted by molar-refractivity contribution is 0.678. The monoisotopic (exact) mass is 271 g/mol. The van der Waals surface area contributed by atoms with Gasteiger partial charge in [0, 0.05) is 11.9 Å². The highest BCUT2D eigenvalue weighted by atomic mass is 32.2. The first-order valence-electron chi connectivity index (χ1n) is 6.14. The molecule has 0 saturated carbocycles. The Balaban J connectivity index is 2.18. The van der Waals surface area contributed by atoms with Gasteiger partial charge < -0.3 is 0 Å². The molecule has 1 unspecified atom stereocenters. The summed E-state index contributed by atoms with van der Waals surface area (Å²) in [6, 6.07) is 19.4. The van der Waals surface area contributed by atoms with Gasteiger partial charge in [-0.15, -0.1) is 0 Å². The Labute approximate surface area is 115 Å². The fourth-order valence-corrected chi connectivity index (χ4v) is 3.28. The maximum absolute atomic E-state index is 12.7. The molecule has 0 heterocycles. The summed E-state index contributed by atoms with van der Waals surface area (Å²) in [6.07, 6.45) is 3.91. The highest BCUT2D eigenvalue weighted by molar-refractivity contribution is 7.93. The van der Waals surface area contributed by atoms with E-state index in [4.69, 9.17) is 0 Å². The van der Waals surface area contributed by atoms with Crippen LogP contribution in [0.5, 0.6) is 0 Å². The van der Waals surface area contributed by atoms with Crippen LogP contribution < -0.4 is 0 Å². The lowest BCUT2D eigenvalue weighted by Crippen LogP contribution is -2.04. The lowest BCUT2D eigenvalue weighted by atomic mass is 10.2. The van der Waals surface area contributed by atoms with Crippen molar-refractivity contribution in [3.63, 3.8) is 0 Å². The van der Waals surface area contributed by atoms with Crippen molar-refractivity contribution in [2.75, 3.05) is 12.8 Å². The molecular formula is C16H17NOS. The van der Waals surface area contributed by atoms with Gasteiger partial charge in [0.15, 0.2) is 0 Å². The first-order chi connectivity index (χ1) is 9.24. The highest BCUT2D eigenvalue weighted by Gasteiger charge is 2.08. The Morgan fingerprint density at radius 2 is 1.58 bits per heavy atom. The van der Waals surface area contributed by atoms with Gasteiger partial charge in [-0.3, -0.25) is 0 Å². The molecule has 0 aliphatic rings. The van der Waals surface area contributed by atoms with Crippen LogP contribution in [-0.2, 0) is 9.73 Å². The Morgan fingerprint density at radius 1 is 1.00 bits per heavy atom. The van der Waals surface area contributed by atoms with Crippen LogP contribution in [0.15, 0.2) is 76.0 Å². The van der Waals surface area contributed by atoms with Crippen molar-refractivity contribution in [1.82, 2.24) is 0 Å². The van der Waals surface area contributed by atoms with Gasteiger partial charge in [-0.25, -0.2) is 8.57 Å². The van der Waals surface area contributed by atoms with E-state index in [0.717, 1.165) is 10.5 Å². The van der Waals surface area contributed by atoms with E-state index >= 15 is 0 Å². The first kappa shape index (κ1) is 13.6. The minimum Gasteiger partial charge on any atom is -0.244 e. The summed E-state index contributed by atoms with van der Waals surface area (Å²) in [5.74, 6) is 0.433. The predicted molar refractivity (Wildman–Crippen MR) is 81.5 cm³/mol. The molecule has 2 aromatic carbocycles. The summed E-state index contributed by atoms with van der Waals surface area (Å²) in [4.78, 5) is 0.787. The summed E-state index contributed by atoms with van der Waals surface area (Å²) in [7, 11) is -0.721. The smallest absolute Gasteiger partial charge is 0.0785 e. The largest absolute Gasteiger partial charge is 0.244 e. The fourth-order valence-electron chi connectivity index (χ4n) is 1.79. The number of benzene rings is 2. The molecule has 0 aliphatic carbocycles. The Bertz CT molecular complexity index is 654. The summed E-state index contributed by atoms with van der Waals surface area (Å²) in [5, 5.41) is 0. The van der Waals surface area contributed by atoms with Gasteiger partial charge in [0.2, 0.25) is 0 Å². The van der Waals surface area contributed by atoms with Crippen molar-refractivity contribution in [1.29, 1.82) is 0 Å². The molecule has 3 heteroatoms. The summed E-state index contributed by atoms with van der Waals surface area (Å²) < 4.78 is 16.8. The molecule has 0 aromatic heterocycles. The van der Waals surface area contributed by atoms with E-state index in [0.29, 0.717) is 5.75 Å². The van der Waals surface area contributed by atoms with E-state index in [1.165, 1.54) is 0 Å². The normalized spacial score (nSPS) is 14.2. The van der Waals surface area contributed by atoms with E-state index in [2.05, 4.69) is 4.36 Å². The van der Waals surface area contributed by atoms with Crippen molar-refractivity contribution in [2.45, 2.75) is 4.90 Å². The van der Waals surface area contributed by atoms with Gasteiger partial charge in [0.1, 0.15) is 0 Å². The van der Waals surface area contributed by atoms with Crippen LogP contribution in [0.25, 0.3) is 6.08 Å². The summed E-state index contributed by atoms with van der Waals surface area (Å²) in [6.45, 7) is 0. The van der Waals surface area contributed by atoms with Crippen LogP contribution >= 0.6 is 0 Å². The maximum atomic E-state index is 12.7. The number of nitrogens with zero attached hydrogens (tertiary/aromatic N) is 1. The summed E-state index contributed by atoms with van der Waals surface area (Å²) in [5.41, 5.74) is 1.11. The molecule has 19 heavy (non-hydrogen) atoms. The van der Waals surface area contributed by atoms with Gasteiger partial charge in [-0.1, -0.05) is 60.7 Å². The third kappa shape index (κ3) is 3.55. The summed E-state index contributed by atoms with van der Waals surface area (Å²) >= 11 is 0. The van der Waals surface area contributed by atoms with E-state index < -0.39 is 9.73 Å². The van der Waals surface area contributed by atoms with Crippen molar-refractivity contribution < 1.29 is 4.21 Å². The molecule has 0 spiro atoms. The maximum Gasteiger partial charge on any atom is 0.0785 e. The molecule has 0 N–H and O–H groups in total. The van der Waals surface area contributed by atoms with Gasteiger partial charge >= 0.3 is 0 Å². The van der Waals surface area contributed by atoms with Gasteiger partial charge in [-0.05, 0) is 17.7 Å². The molecule has 2 rings (SSSR count). The number of hydrogen-bond donors (Lipinski definition) is 0. The van der Waals surface area contributed by atoms with Gasteiger partial charge in [0.05, 0.1) is 15.5 Å². The molecule has 0 bridgehead atoms. The predicted octanol–water partition coefficient (Wildman–Crippen LogP) is 3.86. The second-order valence-electron chi connectivity index (χ2n) is 4.12. The minimum atomic E-state index is -2.34. The van der Waals surface area contributed by atoms with Crippen molar-refractivity contribution in [3.05, 3.63) is 72.3 Å². The molecule has 0 radical (unpaired) electrons. The second-order valence-corrected chi connectivity index (χ2v) is 6.57. The van der Waals surface area contributed by atoms with Crippen LogP contribution in [0, 0.1) is 0 Å². The van der Waals surface area contributed by atoms with Crippen molar-refractivity contribution >= 4 is 15.8 Å². The highest BCUT2D eigenvalue weighted by Crippen LogP contribution is 2.14. The fraction of sp³-hybridized carbons (Fsp3) is 0.125. The number of hydrogen-bond acceptors (Lipinski definition) is 2. The molecule has 0 amide bonds. The van der Waals surface area contributed by atoms with E-state index in [9.17, 15) is 4.21 Å². The zero-order valence-electron chi connectivity index (χ0n) is 10.9. The van der Waals surface area contributed by atoms with E-state index in [1.807, 2.05) is 72.8 Å². The Morgan fingerprint density at radius 3 is 2.16 bits per heavy atom. The molecule has 0 fully saturated rings. The van der Waals surface area contributed by atoms with Crippen LogP contribution in [-0.4, -0.2) is 17.0 Å².